The van der Waals surface area contributed by atoms with Crippen LogP contribution in [-0.4, -0.2) is 18.7 Å². The van der Waals surface area contributed by atoms with Crippen molar-refractivity contribution >= 4 is 29.3 Å². The third-order valence-corrected chi connectivity index (χ3v) is 3.27. The predicted octanol–water partition coefficient (Wildman–Crippen LogP) is 3.33. The van der Waals surface area contributed by atoms with E-state index in [1.54, 1.807) is 12.1 Å². The molecule has 1 aromatic heterocycles. The Kier molecular flexibility index (Phi) is 3.20. The lowest BCUT2D eigenvalue weighted by atomic mass is 10.1. The maximum atomic E-state index is 9.53. The standard InChI is InChI=1S/C13H15NO2.ClH/c1-14-7-3-2-4-10-11-8-9(15)5-6-12(11)16-13(10)14;/h5-6,8,15H,2-4,7H2,1H3;1H. The van der Waals surface area contributed by atoms with Gasteiger partial charge in [-0.25, -0.2) is 0 Å². The Labute approximate surface area is 106 Å². The molecule has 0 aliphatic carbocycles. The highest BCUT2D eigenvalue weighted by Gasteiger charge is 2.20. The number of phenolic OH excluding ortho intramolecular Hbond substituents is 1. The van der Waals surface area contributed by atoms with Crippen molar-refractivity contribution in [1.82, 2.24) is 0 Å². The van der Waals surface area contributed by atoms with Gasteiger partial charge in [0, 0.05) is 24.5 Å². The summed E-state index contributed by atoms with van der Waals surface area (Å²) in [5.74, 6) is 1.28. The molecule has 92 valence electrons. The summed E-state index contributed by atoms with van der Waals surface area (Å²) in [6, 6.07) is 5.31. The molecule has 1 aromatic carbocycles. The van der Waals surface area contributed by atoms with Gasteiger partial charge in [0.05, 0.1) is 0 Å². The SMILES string of the molecule is CN1CCCCc2c1oc1ccc(O)cc21.Cl. The summed E-state index contributed by atoms with van der Waals surface area (Å²) in [4.78, 5) is 2.17. The molecule has 17 heavy (non-hydrogen) atoms. The molecule has 0 radical (unpaired) electrons. The fourth-order valence-corrected chi connectivity index (χ4v) is 2.43. The van der Waals surface area contributed by atoms with Crippen molar-refractivity contribution in [3.8, 4) is 5.75 Å². The average Bonchev–Trinajstić information content (AvgIpc) is 2.52. The zero-order chi connectivity index (χ0) is 11.1. The monoisotopic (exact) mass is 253 g/mol. The van der Waals surface area contributed by atoms with Gasteiger partial charge in [-0.3, -0.25) is 0 Å². The highest BCUT2D eigenvalue weighted by atomic mass is 35.5. The maximum Gasteiger partial charge on any atom is 0.199 e. The van der Waals surface area contributed by atoms with Crippen molar-refractivity contribution in [2.24, 2.45) is 0 Å². The minimum Gasteiger partial charge on any atom is -0.508 e. The number of aromatic hydroxyl groups is 1. The number of phenols is 1. The molecule has 4 heteroatoms. The van der Waals surface area contributed by atoms with Crippen molar-refractivity contribution in [2.45, 2.75) is 19.3 Å². The van der Waals surface area contributed by atoms with Gasteiger partial charge in [-0.1, -0.05) is 0 Å². The molecule has 0 atom stereocenters. The number of hydrogen-bond donors (Lipinski definition) is 1. The molecule has 0 unspecified atom stereocenters. The number of fused-ring (bicyclic) bond motifs is 3. The third-order valence-electron chi connectivity index (χ3n) is 3.27. The molecule has 1 aliphatic heterocycles. The van der Waals surface area contributed by atoms with Crippen molar-refractivity contribution < 1.29 is 9.52 Å². The second kappa shape index (κ2) is 4.49. The minimum absolute atomic E-state index is 0. The highest BCUT2D eigenvalue weighted by molar-refractivity contribution is 5.87. The van der Waals surface area contributed by atoms with E-state index in [-0.39, 0.29) is 12.4 Å². The number of aryl methyl sites for hydroxylation is 1. The van der Waals surface area contributed by atoms with Gasteiger partial charge in [-0.05, 0) is 37.5 Å². The maximum absolute atomic E-state index is 9.53. The fraction of sp³-hybridized carbons (Fsp3) is 0.385. The van der Waals surface area contributed by atoms with Gasteiger partial charge in [0.25, 0.3) is 0 Å². The first-order chi connectivity index (χ1) is 7.75. The molecule has 3 rings (SSSR count). The van der Waals surface area contributed by atoms with Crippen LogP contribution in [0.25, 0.3) is 11.0 Å². The summed E-state index contributed by atoms with van der Waals surface area (Å²) < 4.78 is 5.85. The molecule has 0 amide bonds. The van der Waals surface area contributed by atoms with E-state index in [4.69, 9.17) is 4.42 Å². The van der Waals surface area contributed by atoms with Gasteiger partial charge in [-0.2, -0.15) is 0 Å². The van der Waals surface area contributed by atoms with Crippen molar-refractivity contribution in [1.29, 1.82) is 0 Å². The smallest absolute Gasteiger partial charge is 0.199 e. The van der Waals surface area contributed by atoms with Gasteiger partial charge < -0.3 is 14.4 Å². The van der Waals surface area contributed by atoms with E-state index < -0.39 is 0 Å². The lowest BCUT2D eigenvalue weighted by Crippen LogP contribution is -2.16. The summed E-state index contributed by atoms with van der Waals surface area (Å²) >= 11 is 0. The molecule has 0 spiro atoms. The van der Waals surface area contributed by atoms with Crippen LogP contribution in [0.4, 0.5) is 5.88 Å². The quantitative estimate of drug-likeness (QED) is 0.782. The van der Waals surface area contributed by atoms with Gasteiger partial charge in [0.15, 0.2) is 5.88 Å². The number of hydrogen-bond acceptors (Lipinski definition) is 3. The van der Waals surface area contributed by atoms with Crippen LogP contribution in [0.3, 0.4) is 0 Å². The normalized spacial score (nSPS) is 15.2. The predicted molar refractivity (Wildman–Crippen MR) is 71.3 cm³/mol. The molecular formula is C13H16ClNO2. The molecule has 1 N–H and O–H groups in total. The lowest BCUT2D eigenvalue weighted by molar-refractivity contribution is 0.476. The van der Waals surface area contributed by atoms with Crippen LogP contribution < -0.4 is 4.90 Å². The van der Waals surface area contributed by atoms with Crippen LogP contribution in [0, 0.1) is 0 Å². The average molecular weight is 254 g/mol. The first kappa shape index (κ1) is 12.1. The van der Waals surface area contributed by atoms with E-state index in [9.17, 15) is 5.11 Å². The van der Waals surface area contributed by atoms with Crippen molar-refractivity contribution in [2.75, 3.05) is 18.5 Å². The largest absolute Gasteiger partial charge is 0.508 e. The second-order valence-corrected chi connectivity index (χ2v) is 4.44. The van der Waals surface area contributed by atoms with Crippen LogP contribution in [0.15, 0.2) is 22.6 Å². The van der Waals surface area contributed by atoms with Crippen LogP contribution in [0.2, 0.25) is 0 Å². The number of anilines is 1. The Balaban J connectivity index is 0.00000108. The van der Waals surface area contributed by atoms with E-state index in [1.165, 1.54) is 18.4 Å². The number of benzene rings is 1. The Hall–Kier alpha value is -1.35. The molecule has 2 aromatic rings. The zero-order valence-electron chi connectivity index (χ0n) is 9.77. The number of nitrogens with zero attached hydrogens (tertiary/aromatic N) is 1. The molecule has 1 aliphatic rings. The number of halogens is 1. The highest BCUT2D eigenvalue weighted by Crippen LogP contribution is 2.36. The second-order valence-electron chi connectivity index (χ2n) is 4.44. The molecule has 0 bridgehead atoms. The molecular weight excluding hydrogens is 238 g/mol. The lowest BCUT2D eigenvalue weighted by Gasteiger charge is -2.13. The first-order valence-electron chi connectivity index (χ1n) is 5.71. The molecule has 0 saturated carbocycles. The summed E-state index contributed by atoms with van der Waals surface area (Å²) in [6.45, 7) is 1.04. The number of rotatable bonds is 0. The summed E-state index contributed by atoms with van der Waals surface area (Å²) in [7, 11) is 2.06. The van der Waals surface area contributed by atoms with Gasteiger partial charge in [-0.15, -0.1) is 12.4 Å². The van der Waals surface area contributed by atoms with E-state index in [1.807, 2.05) is 6.07 Å². The van der Waals surface area contributed by atoms with E-state index in [2.05, 4.69) is 11.9 Å². The van der Waals surface area contributed by atoms with Gasteiger partial charge in [0.1, 0.15) is 11.3 Å². The Morgan fingerprint density at radius 3 is 2.94 bits per heavy atom. The van der Waals surface area contributed by atoms with Crippen LogP contribution in [-0.2, 0) is 6.42 Å². The third kappa shape index (κ3) is 1.95. The molecule has 0 fully saturated rings. The summed E-state index contributed by atoms with van der Waals surface area (Å²) in [5.41, 5.74) is 2.11. The molecule has 3 nitrogen and oxygen atoms in total. The van der Waals surface area contributed by atoms with E-state index in [0.717, 1.165) is 29.8 Å². The van der Waals surface area contributed by atoms with E-state index in [0.29, 0.717) is 5.75 Å². The van der Waals surface area contributed by atoms with E-state index >= 15 is 0 Å². The van der Waals surface area contributed by atoms with Crippen LogP contribution in [0.5, 0.6) is 5.75 Å². The Morgan fingerprint density at radius 1 is 1.29 bits per heavy atom. The Bertz CT molecular complexity index is 535. The molecule has 0 saturated heterocycles. The Morgan fingerprint density at radius 2 is 2.12 bits per heavy atom. The number of furan rings is 1. The van der Waals surface area contributed by atoms with Crippen LogP contribution in [0.1, 0.15) is 18.4 Å². The van der Waals surface area contributed by atoms with Crippen molar-refractivity contribution in [3.63, 3.8) is 0 Å². The van der Waals surface area contributed by atoms with Crippen molar-refractivity contribution in [3.05, 3.63) is 23.8 Å². The zero-order valence-corrected chi connectivity index (χ0v) is 10.6. The first-order valence-corrected chi connectivity index (χ1v) is 5.71. The van der Waals surface area contributed by atoms with Gasteiger partial charge >= 0.3 is 0 Å². The minimum atomic E-state index is 0. The van der Waals surface area contributed by atoms with Crippen LogP contribution >= 0.6 is 12.4 Å². The summed E-state index contributed by atoms with van der Waals surface area (Å²) in [6.07, 6.45) is 3.42. The molecule has 2 heterocycles. The summed E-state index contributed by atoms with van der Waals surface area (Å²) in [5, 5.41) is 10.6. The topological polar surface area (TPSA) is 36.6 Å². The fourth-order valence-electron chi connectivity index (χ4n) is 2.43. The van der Waals surface area contributed by atoms with Gasteiger partial charge in [0.2, 0.25) is 0 Å².